The predicted octanol–water partition coefficient (Wildman–Crippen LogP) is 2.66. The van der Waals surface area contributed by atoms with Crippen LogP contribution in [0.15, 0.2) is 6.20 Å². The summed E-state index contributed by atoms with van der Waals surface area (Å²) >= 11 is 5.76. The van der Waals surface area contributed by atoms with E-state index in [9.17, 15) is 10.1 Å². The number of rotatable bonds is 3. The van der Waals surface area contributed by atoms with Crippen LogP contribution in [0.25, 0.3) is 0 Å². The second-order valence-corrected chi connectivity index (χ2v) is 5.09. The van der Waals surface area contributed by atoms with Crippen LogP contribution in [-0.2, 0) is 0 Å². The van der Waals surface area contributed by atoms with Gasteiger partial charge in [0.2, 0.25) is 11.1 Å². The van der Waals surface area contributed by atoms with Crippen molar-refractivity contribution in [1.29, 1.82) is 0 Å². The Bertz CT molecular complexity index is 466. The molecule has 1 unspecified atom stereocenters. The average molecular weight is 271 g/mol. The van der Waals surface area contributed by atoms with Crippen molar-refractivity contribution >= 4 is 23.1 Å². The Labute approximate surface area is 110 Å². The van der Waals surface area contributed by atoms with Gasteiger partial charge in [-0.05, 0) is 30.4 Å². The fourth-order valence-corrected chi connectivity index (χ4v) is 2.56. The van der Waals surface area contributed by atoms with Crippen LogP contribution in [0.5, 0.6) is 0 Å². The second kappa shape index (κ2) is 5.06. The second-order valence-electron chi connectivity index (χ2n) is 4.75. The summed E-state index contributed by atoms with van der Waals surface area (Å²) in [6.07, 6.45) is 3.22. The third-order valence-electron chi connectivity index (χ3n) is 3.26. The summed E-state index contributed by atoms with van der Waals surface area (Å²) < 4.78 is 0. The number of hydrogen-bond acceptors (Lipinski definition) is 5. The van der Waals surface area contributed by atoms with Gasteiger partial charge >= 0.3 is 5.69 Å². The summed E-state index contributed by atoms with van der Waals surface area (Å²) in [7, 11) is 0. The minimum absolute atomic E-state index is 0.0463. The summed E-state index contributed by atoms with van der Waals surface area (Å²) in [6, 6.07) is 0.273. The van der Waals surface area contributed by atoms with Crippen molar-refractivity contribution in [1.82, 2.24) is 9.97 Å². The zero-order valence-corrected chi connectivity index (χ0v) is 11.1. The third kappa shape index (κ3) is 2.38. The Balaban J connectivity index is 2.42. The normalized spacial score (nSPS) is 19.6. The van der Waals surface area contributed by atoms with Crippen molar-refractivity contribution in [2.75, 3.05) is 11.4 Å². The van der Waals surface area contributed by atoms with Crippen molar-refractivity contribution in [3.63, 3.8) is 0 Å². The first-order valence-corrected chi connectivity index (χ1v) is 6.32. The van der Waals surface area contributed by atoms with E-state index in [0.717, 1.165) is 19.4 Å². The van der Waals surface area contributed by atoms with Gasteiger partial charge < -0.3 is 4.90 Å². The fraction of sp³-hybridized carbons (Fsp3) is 0.636. The summed E-state index contributed by atoms with van der Waals surface area (Å²) in [5, 5.41) is 11.1. The highest BCUT2D eigenvalue weighted by Crippen LogP contribution is 2.34. The summed E-state index contributed by atoms with van der Waals surface area (Å²) in [6.45, 7) is 4.99. The fourth-order valence-electron chi connectivity index (χ4n) is 2.43. The molecular formula is C11H15ClN4O2. The van der Waals surface area contributed by atoms with E-state index in [1.807, 2.05) is 4.90 Å². The lowest BCUT2D eigenvalue weighted by Crippen LogP contribution is -2.34. The molecule has 0 N–H and O–H groups in total. The predicted molar refractivity (Wildman–Crippen MR) is 68.9 cm³/mol. The molecule has 7 heteroatoms. The number of nitrogens with zero attached hydrogens (tertiary/aromatic N) is 4. The van der Waals surface area contributed by atoms with Crippen LogP contribution in [-0.4, -0.2) is 27.5 Å². The summed E-state index contributed by atoms with van der Waals surface area (Å²) in [5.41, 5.74) is -0.0769. The van der Waals surface area contributed by atoms with Crippen molar-refractivity contribution < 1.29 is 4.92 Å². The highest BCUT2D eigenvalue weighted by Gasteiger charge is 2.33. The van der Waals surface area contributed by atoms with Crippen LogP contribution in [0, 0.1) is 16.0 Å². The Morgan fingerprint density at radius 3 is 2.94 bits per heavy atom. The van der Waals surface area contributed by atoms with Crippen LogP contribution >= 0.6 is 11.6 Å². The molecule has 0 spiro atoms. The van der Waals surface area contributed by atoms with E-state index in [1.165, 1.54) is 6.20 Å². The number of nitro groups is 1. The molecule has 0 aromatic carbocycles. The van der Waals surface area contributed by atoms with Gasteiger partial charge in [0.15, 0.2) is 0 Å². The van der Waals surface area contributed by atoms with Crippen LogP contribution < -0.4 is 4.90 Å². The van der Waals surface area contributed by atoms with Crippen molar-refractivity contribution in [2.24, 2.45) is 5.92 Å². The SMILES string of the molecule is CC(C)C1CCCN1c1nc(Cl)ncc1[N+](=O)[O-]. The smallest absolute Gasteiger partial charge is 0.329 e. The third-order valence-corrected chi connectivity index (χ3v) is 3.44. The standard InChI is InChI=1S/C11H15ClN4O2/c1-7(2)8-4-3-5-15(8)10-9(16(17)18)6-13-11(12)14-10/h6-8H,3-5H2,1-2H3. The molecule has 2 rings (SSSR count). The number of hydrogen-bond donors (Lipinski definition) is 0. The van der Waals surface area contributed by atoms with Gasteiger partial charge in [-0.1, -0.05) is 13.8 Å². The van der Waals surface area contributed by atoms with Gasteiger partial charge in [-0.3, -0.25) is 10.1 Å². The molecule has 1 saturated heterocycles. The van der Waals surface area contributed by atoms with E-state index >= 15 is 0 Å². The van der Waals surface area contributed by atoms with E-state index in [-0.39, 0.29) is 17.0 Å². The lowest BCUT2D eigenvalue weighted by atomic mass is 10.0. The molecular weight excluding hydrogens is 256 g/mol. The molecule has 1 aliphatic rings. The monoisotopic (exact) mass is 270 g/mol. The van der Waals surface area contributed by atoms with Crippen molar-refractivity contribution in [2.45, 2.75) is 32.7 Å². The molecule has 6 nitrogen and oxygen atoms in total. The minimum atomic E-state index is -0.457. The topological polar surface area (TPSA) is 72.2 Å². The van der Waals surface area contributed by atoms with E-state index < -0.39 is 4.92 Å². The molecule has 0 radical (unpaired) electrons. The zero-order chi connectivity index (χ0) is 13.3. The van der Waals surface area contributed by atoms with Crippen LogP contribution in [0.2, 0.25) is 5.28 Å². The molecule has 0 amide bonds. The average Bonchev–Trinajstić information content (AvgIpc) is 2.77. The summed E-state index contributed by atoms with van der Waals surface area (Å²) in [4.78, 5) is 20.3. The van der Waals surface area contributed by atoms with Crippen LogP contribution in [0.3, 0.4) is 0 Å². The number of anilines is 1. The minimum Gasteiger partial charge on any atom is -0.348 e. The molecule has 98 valence electrons. The Morgan fingerprint density at radius 2 is 2.33 bits per heavy atom. The maximum atomic E-state index is 11.0. The van der Waals surface area contributed by atoms with Crippen LogP contribution in [0.1, 0.15) is 26.7 Å². The van der Waals surface area contributed by atoms with E-state index in [1.54, 1.807) is 0 Å². The van der Waals surface area contributed by atoms with Crippen LogP contribution in [0.4, 0.5) is 11.5 Å². The first-order chi connectivity index (χ1) is 8.50. The molecule has 1 aromatic heterocycles. The molecule has 18 heavy (non-hydrogen) atoms. The number of halogens is 1. The molecule has 1 aliphatic heterocycles. The lowest BCUT2D eigenvalue weighted by Gasteiger charge is -2.28. The maximum absolute atomic E-state index is 11.0. The van der Waals surface area contributed by atoms with Gasteiger partial charge in [0.1, 0.15) is 6.20 Å². The zero-order valence-electron chi connectivity index (χ0n) is 10.3. The van der Waals surface area contributed by atoms with Gasteiger partial charge in [0.25, 0.3) is 0 Å². The van der Waals surface area contributed by atoms with Gasteiger partial charge in [-0.25, -0.2) is 4.98 Å². The largest absolute Gasteiger partial charge is 0.348 e. The highest BCUT2D eigenvalue weighted by atomic mass is 35.5. The van der Waals surface area contributed by atoms with Gasteiger partial charge in [0.05, 0.1) is 4.92 Å². The molecule has 0 aliphatic carbocycles. The first kappa shape index (κ1) is 13.0. The van der Waals surface area contributed by atoms with Crippen molar-refractivity contribution in [3.8, 4) is 0 Å². The van der Waals surface area contributed by atoms with Crippen molar-refractivity contribution in [3.05, 3.63) is 21.6 Å². The molecule has 1 aromatic rings. The lowest BCUT2D eigenvalue weighted by molar-refractivity contribution is -0.384. The van der Waals surface area contributed by atoms with E-state index in [4.69, 9.17) is 11.6 Å². The Morgan fingerprint density at radius 1 is 1.61 bits per heavy atom. The maximum Gasteiger partial charge on any atom is 0.329 e. The van der Waals surface area contributed by atoms with Gasteiger partial charge in [0, 0.05) is 12.6 Å². The molecule has 0 bridgehead atoms. The van der Waals surface area contributed by atoms with E-state index in [0.29, 0.717) is 11.7 Å². The Kier molecular flexibility index (Phi) is 3.65. The quantitative estimate of drug-likeness (QED) is 0.480. The first-order valence-electron chi connectivity index (χ1n) is 5.94. The van der Waals surface area contributed by atoms with Gasteiger partial charge in [-0.2, -0.15) is 4.98 Å². The highest BCUT2D eigenvalue weighted by molar-refractivity contribution is 6.28. The summed E-state index contributed by atoms with van der Waals surface area (Å²) in [5.74, 6) is 0.761. The Hall–Kier alpha value is -1.43. The number of aromatic nitrogens is 2. The molecule has 1 fully saturated rings. The molecule has 1 atom stereocenters. The van der Waals surface area contributed by atoms with E-state index in [2.05, 4.69) is 23.8 Å². The molecule has 0 saturated carbocycles. The van der Waals surface area contributed by atoms with Gasteiger partial charge in [-0.15, -0.1) is 0 Å². The molecule has 2 heterocycles.